The molecule has 3 heterocycles. The normalized spacial score (nSPS) is 35.1. The van der Waals surface area contributed by atoms with E-state index < -0.39 is 34.2 Å². The lowest BCUT2D eigenvalue weighted by atomic mass is 9.71. The summed E-state index contributed by atoms with van der Waals surface area (Å²) in [5, 5.41) is 13.0. The lowest BCUT2D eigenvalue weighted by molar-refractivity contribution is -0.154. The summed E-state index contributed by atoms with van der Waals surface area (Å²) in [7, 11) is 0. The van der Waals surface area contributed by atoms with E-state index in [2.05, 4.69) is 42.0 Å². The molecule has 2 amide bonds. The Labute approximate surface area is 203 Å². The highest BCUT2D eigenvalue weighted by molar-refractivity contribution is 9.09. The highest BCUT2D eigenvalue weighted by atomic mass is 79.9. The largest absolute Gasteiger partial charge is 0.466 e. The van der Waals surface area contributed by atoms with Crippen LogP contribution in [0.3, 0.4) is 0 Å². The third kappa shape index (κ3) is 4.33. The number of rotatable bonds is 7. The summed E-state index contributed by atoms with van der Waals surface area (Å²) < 4.78 is 4.62. The van der Waals surface area contributed by atoms with E-state index in [9.17, 15) is 19.5 Å². The fraction of sp³-hybridized carbons (Fsp3) is 0.870. The van der Waals surface area contributed by atoms with Gasteiger partial charge in [0, 0.05) is 15.6 Å². The molecule has 7 nitrogen and oxygen atoms in total. The number of halogens is 1. The number of fused-ring (bicyclic) bond motifs is 1. The predicted molar refractivity (Wildman–Crippen MR) is 129 cm³/mol. The fourth-order valence-electron chi connectivity index (χ4n) is 6.21. The molecule has 9 heteroatoms. The van der Waals surface area contributed by atoms with Gasteiger partial charge in [-0.3, -0.25) is 14.4 Å². The first-order valence-electron chi connectivity index (χ1n) is 11.4. The Morgan fingerprint density at radius 3 is 2.50 bits per heavy atom. The van der Waals surface area contributed by atoms with Gasteiger partial charge in [0.1, 0.15) is 6.04 Å². The molecule has 0 aromatic carbocycles. The van der Waals surface area contributed by atoms with Crippen molar-refractivity contribution in [2.45, 2.75) is 93.8 Å². The van der Waals surface area contributed by atoms with E-state index in [1.165, 1.54) is 4.90 Å². The van der Waals surface area contributed by atoms with Crippen LogP contribution < -0.4 is 5.32 Å². The maximum atomic E-state index is 13.8. The number of amides is 2. The Morgan fingerprint density at radius 1 is 1.34 bits per heavy atom. The number of aliphatic hydroxyl groups is 1. The van der Waals surface area contributed by atoms with Crippen LogP contribution in [-0.4, -0.2) is 73.5 Å². The summed E-state index contributed by atoms with van der Waals surface area (Å²) in [5.74, 6) is -2.04. The molecule has 0 aliphatic carbocycles. The van der Waals surface area contributed by atoms with Gasteiger partial charge in [0.2, 0.25) is 11.8 Å². The molecule has 0 saturated carbocycles. The van der Waals surface area contributed by atoms with Crippen LogP contribution in [-0.2, 0) is 19.1 Å². The second-order valence-electron chi connectivity index (χ2n) is 11.3. The Kier molecular flexibility index (Phi) is 7.07. The van der Waals surface area contributed by atoms with Crippen molar-refractivity contribution in [1.29, 1.82) is 0 Å². The molecule has 1 spiro atoms. The first kappa shape index (κ1) is 25.8. The van der Waals surface area contributed by atoms with Crippen molar-refractivity contribution in [3.05, 3.63) is 0 Å². The van der Waals surface area contributed by atoms with Crippen LogP contribution in [0.25, 0.3) is 0 Å². The molecule has 3 unspecified atom stereocenters. The van der Waals surface area contributed by atoms with Crippen LogP contribution in [0.15, 0.2) is 0 Å². The number of nitrogens with zero attached hydrogens (tertiary/aromatic N) is 1. The predicted octanol–water partition coefficient (Wildman–Crippen LogP) is 2.73. The summed E-state index contributed by atoms with van der Waals surface area (Å²) in [4.78, 5) is 42.0. The average molecular weight is 534 g/mol. The van der Waals surface area contributed by atoms with Crippen molar-refractivity contribution in [2.24, 2.45) is 17.3 Å². The minimum absolute atomic E-state index is 0.00761. The number of carbonyl (C=O) groups excluding carboxylic acids is 3. The molecule has 182 valence electrons. The fourth-order valence-corrected chi connectivity index (χ4v) is 9.80. The van der Waals surface area contributed by atoms with E-state index in [1.54, 1.807) is 25.6 Å². The number of likely N-dealkylation sites (tertiary alicyclic amines) is 1. The quantitative estimate of drug-likeness (QED) is 0.386. The lowest BCUT2D eigenvalue weighted by Gasteiger charge is -2.40. The zero-order valence-electron chi connectivity index (χ0n) is 20.1. The smallest absolute Gasteiger partial charge is 0.310 e. The summed E-state index contributed by atoms with van der Waals surface area (Å²) in [6.07, 6.45) is 1.38. The number of aliphatic hydroxyl groups excluding tert-OH is 1. The summed E-state index contributed by atoms with van der Waals surface area (Å²) in [6.45, 7) is 13.9. The van der Waals surface area contributed by atoms with Gasteiger partial charge in [-0.25, -0.2) is 0 Å². The van der Waals surface area contributed by atoms with E-state index >= 15 is 0 Å². The van der Waals surface area contributed by atoms with Crippen LogP contribution in [0, 0.1) is 17.3 Å². The maximum absolute atomic E-state index is 13.8. The number of alkyl halides is 1. The number of ether oxygens (including phenoxy) is 1. The standard InChI is InChI=1S/C23H37BrN2O5S/c1-8-31-20(30)14-15-19(29)26(12(2)10-27)17(23(15)9-13(24)16(14)32-23)18(28)25-22(6,7)11-21(3,4)5/h12-17,27H,8-11H2,1-7H3,(H,25,28)/t12-,13?,14+,15+,16+,17?,23?/m1/s1. The Hall–Kier alpha value is -0.800. The van der Waals surface area contributed by atoms with Crippen molar-refractivity contribution in [3.8, 4) is 0 Å². The minimum Gasteiger partial charge on any atom is -0.466 e. The van der Waals surface area contributed by atoms with Gasteiger partial charge in [-0.15, -0.1) is 11.8 Å². The van der Waals surface area contributed by atoms with E-state index in [0.717, 1.165) is 6.42 Å². The van der Waals surface area contributed by atoms with Crippen molar-refractivity contribution < 1.29 is 24.2 Å². The van der Waals surface area contributed by atoms with E-state index in [-0.39, 0.29) is 46.5 Å². The summed E-state index contributed by atoms with van der Waals surface area (Å²) in [6, 6.07) is -1.28. The number of carbonyl (C=O) groups is 3. The molecule has 3 rings (SSSR count). The van der Waals surface area contributed by atoms with Crippen molar-refractivity contribution in [2.75, 3.05) is 13.2 Å². The Balaban J connectivity index is 2.01. The average Bonchev–Trinajstić information content (AvgIpc) is 3.22. The summed E-state index contributed by atoms with van der Waals surface area (Å²) >= 11 is 5.30. The molecule has 0 aromatic rings. The van der Waals surface area contributed by atoms with Gasteiger partial charge in [0.25, 0.3) is 0 Å². The minimum atomic E-state index is -0.754. The molecule has 3 fully saturated rings. The SMILES string of the molecule is CCOC(=O)[C@H]1[C@H]2C(=O)N([C@H](C)CO)C(C(=O)NC(C)(C)CC(C)(C)C)C23CC(Br)[C@@H]1S3. The van der Waals surface area contributed by atoms with Crippen LogP contribution in [0.2, 0.25) is 0 Å². The van der Waals surface area contributed by atoms with Crippen molar-refractivity contribution in [1.82, 2.24) is 10.2 Å². The molecule has 2 bridgehead atoms. The van der Waals surface area contributed by atoms with Crippen LogP contribution in [0.5, 0.6) is 0 Å². The van der Waals surface area contributed by atoms with Crippen molar-refractivity contribution >= 4 is 45.5 Å². The third-order valence-corrected chi connectivity index (χ3v) is 9.93. The second-order valence-corrected chi connectivity index (χ2v) is 14.0. The molecule has 3 aliphatic rings. The Bertz CT molecular complexity index is 785. The second kappa shape index (κ2) is 8.77. The van der Waals surface area contributed by atoms with Crippen LogP contribution >= 0.6 is 27.7 Å². The first-order chi connectivity index (χ1) is 14.7. The molecule has 3 aliphatic heterocycles. The Morgan fingerprint density at radius 2 is 1.97 bits per heavy atom. The van der Waals surface area contributed by atoms with Gasteiger partial charge in [0.15, 0.2) is 0 Å². The molecule has 0 radical (unpaired) electrons. The molecule has 7 atom stereocenters. The van der Waals surface area contributed by atoms with Crippen LogP contribution in [0.1, 0.15) is 61.3 Å². The zero-order chi connectivity index (χ0) is 24.2. The van der Waals surface area contributed by atoms with Gasteiger partial charge in [-0.05, 0) is 46.0 Å². The number of hydrogen-bond acceptors (Lipinski definition) is 6. The highest BCUT2D eigenvalue weighted by Crippen LogP contribution is 2.68. The topological polar surface area (TPSA) is 95.9 Å². The van der Waals surface area contributed by atoms with Crippen molar-refractivity contribution in [3.63, 3.8) is 0 Å². The molecule has 2 N–H and O–H groups in total. The molecular formula is C23H37BrN2O5S. The van der Waals surface area contributed by atoms with Gasteiger partial charge in [0.05, 0.1) is 35.8 Å². The van der Waals surface area contributed by atoms with Gasteiger partial charge in [-0.2, -0.15) is 0 Å². The lowest BCUT2D eigenvalue weighted by Crippen LogP contribution is -2.60. The number of esters is 1. The third-order valence-electron chi connectivity index (χ3n) is 6.71. The van der Waals surface area contributed by atoms with E-state index in [1.807, 2.05) is 13.8 Å². The molecular weight excluding hydrogens is 496 g/mol. The molecule has 0 aromatic heterocycles. The maximum Gasteiger partial charge on any atom is 0.310 e. The first-order valence-corrected chi connectivity index (χ1v) is 13.2. The number of nitrogens with one attached hydrogen (secondary N) is 1. The molecule has 32 heavy (non-hydrogen) atoms. The number of thioether (sulfide) groups is 1. The molecule has 3 saturated heterocycles. The van der Waals surface area contributed by atoms with Crippen LogP contribution in [0.4, 0.5) is 0 Å². The van der Waals surface area contributed by atoms with Gasteiger partial charge >= 0.3 is 5.97 Å². The van der Waals surface area contributed by atoms with Gasteiger partial charge in [-0.1, -0.05) is 36.7 Å². The number of hydrogen-bond donors (Lipinski definition) is 2. The van der Waals surface area contributed by atoms with Gasteiger partial charge < -0.3 is 20.1 Å². The zero-order valence-corrected chi connectivity index (χ0v) is 22.5. The highest BCUT2D eigenvalue weighted by Gasteiger charge is 2.76. The monoisotopic (exact) mass is 532 g/mol. The summed E-state index contributed by atoms with van der Waals surface area (Å²) in [5.41, 5.74) is -0.464. The van der Waals surface area contributed by atoms with E-state index in [4.69, 9.17) is 4.74 Å². The van der Waals surface area contributed by atoms with E-state index in [0.29, 0.717) is 6.42 Å².